The first-order valence-electron chi connectivity index (χ1n) is 7.97. The van der Waals surface area contributed by atoms with Crippen LogP contribution in [0.3, 0.4) is 0 Å². The van der Waals surface area contributed by atoms with Crippen LogP contribution in [0.15, 0.2) is 42.5 Å². The maximum atomic E-state index is 12.7. The molecular weight excluding hydrogens is 304 g/mol. The molecule has 1 unspecified atom stereocenters. The fraction of sp³-hybridized carbons (Fsp3) is 0.300. The number of aryl methyl sites for hydroxylation is 2. The van der Waals surface area contributed by atoms with Crippen LogP contribution < -0.4 is 0 Å². The summed E-state index contributed by atoms with van der Waals surface area (Å²) in [5, 5.41) is 10.2. The van der Waals surface area contributed by atoms with Crippen LogP contribution in [0.1, 0.15) is 45.6 Å². The standard InChI is InChI=1S/C20H22O4/c1-4-24-20(23)19(22)17-8-6-5-7-16(17)18(21)12-15-10-9-13(2)11-14(15)3/h5-11,19,22H,4,12H2,1-3H3. The first-order valence-corrected chi connectivity index (χ1v) is 7.97. The van der Waals surface area contributed by atoms with Crippen molar-refractivity contribution in [2.45, 2.75) is 33.3 Å². The van der Waals surface area contributed by atoms with E-state index in [4.69, 9.17) is 4.74 Å². The fourth-order valence-electron chi connectivity index (χ4n) is 2.65. The van der Waals surface area contributed by atoms with Gasteiger partial charge in [0.15, 0.2) is 11.9 Å². The topological polar surface area (TPSA) is 63.6 Å². The highest BCUT2D eigenvalue weighted by atomic mass is 16.5. The van der Waals surface area contributed by atoms with E-state index in [1.807, 2.05) is 32.0 Å². The van der Waals surface area contributed by atoms with Gasteiger partial charge in [-0.15, -0.1) is 0 Å². The monoisotopic (exact) mass is 326 g/mol. The number of ketones is 1. The van der Waals surface area contributed by atoms with E-state index >= 15 is 0 Å². The molecule has 0 saturated carbocycles. The van der Waals surface area contributed by atoms with Crippen LogP contribution in [0.4, 0.5) is 0 Å². The van der Waals surface area contributed by atoms with Crippen molar-refractivity contribution in [2.24, 2.45) is 0 Å². The van der Waals surface area contributed by atoms with Crippen molar-refractivity contribution in [3.8, 4) is 0 Å². The van der Waals surface area contributed by atoms with Crippen molar-refractivity contribution in [3.05, 3.63) is 70.3 Å². The van der Waals surface area contributed by atoms with Crippen LogP contribution >= 0.6 is 0 Å². The van der Waals surface area contributed by atoms with Crippen molar-refractivity contribution in [3.63, 3.8) is 0 Å². The van der Waals surface area contributed by atoms with Crippen LogP contribution in [-0.2, 0) is 16.0 Å². The van der Waals surface area contributed by atoms with Crippen LogP contribution in [0.2, 0.25) is 0 Å². The molecule has 0 fully saturated rings. The molecule has 2 aromatic rings. The predicted octanol–water partition coefficient (Wildman–Crippen LogP) is 3.33. The Labute approximate surface area is 142 Å². The van der Waals surface area contributed by atoms with Crippen LogP contribution in [-0.4, -0.2) is 23.5 Å². The molecule has 0 aromatic heterocycles. The Hall–Kier alpha value is -2.46. The number of ether oxygens (including phenoxy) is 1. The molecule has 0 bridgehead atoms. The molecule has 24 heavy (non-hydrogen) atoms. The normalized spacial score (nSPS) is 11.8. The molecule has 2 rings (SSSR count). The number of rotatable bonds is 6. The Balaban J connectivity index is 2.28. The second kappa shape index (κ2) is 7.88. The predicted molar refractivity (Wildman–Crippen MR) is 92.0 cm³/mol. The van der Waals surface area contributed by atoms with Gasteiger partial charge in [0.05, 0.1) is 6.61 Å². The average molecular weight is 326 g/mol. The number of hydrogen-bond donors (Lipinski definition) is 1. The lowest BCUT2D eigenvalue weighted by molar-refractivity contribution is -0.153. The Morgan fingerprint density at radius 1 is 1.12 bits per heavy atom. The molecule has 0 aliphatic heterocycles. The zero-order valence-electron chi connectivity index (χ0n) is 14.2. The minimum atomic E-state index is -1.45. The van der Waals surface area contributed by atoms with Crippen molar-refractivity contribution in [2.75, 3.05) is 6.61 Å². The van der Waals surface area contributed by atoms with E-state index in [2.05, 4.69) is 0 Å². The third kappa shape index (κ3) is 4.09. The molecule has 126 valence electrons. The van der Waals surface area contributed by atoms with Gasteiger partial charge < -0.3 is 9.84 Å². The first-order chi connectivity index (χ1) is 11.4. The summed E-state index contributed by atoms with van der Waals surface area (Å²) in [7, 11) is 0. The number of benzene rings is 2. The van der Waals surface area contributed by atoms with Crippen molar-refractivity contribution >= 4 is 11.8 Å². The van der Waals surface area contributed by atoms with E-state index in [0.717, 1.165) is 16.7 Å². The van der Waals surface area contributed by atoms with E-state index in [1.165, 1.54) is 0 Å². The summed E-state index contributed by atoms with van der Waals surface area (Å²) in [5.74, 6) is -0.884. The maximum absolute atomic E-state index is 12.7. The number of hydrogen-bond acceptors (Lipinski definition) is 4. The Morgan fingerprint density at radius 2 is 1.83 bits per heavy atom. The van der Waals surface area contributed by atoms with Gasteiger partial charge in [-0.2, -0.15) is 0 Å². The Morgan fingerprint density at radius 3 is 2.50 bits per heavy atom. The number of aliphatic hydroxyl groups is 1. The second-order valence-corrected chi connectivity index (χ2v) is 5.77. The smallest absolute Gasteiger partial charge is 0.339 e. The lowest BCUT2D eigenvalue weighted by Crippen LogP contribution is -2.19. The largest absolute Gasteiger partial charge is 0.464 e. The lowest BCUT2D eigenvalue weighted by atomic mass is 9.93. The zero-order valence-corrected chi connectivity index (χ0v) is 14.2. The van der Waals surface area contributed by atoms with Gasteiger partial charge in [-0.05, 0) is 31.9 Å². The molecule has 0 saturated heterocycles. The Bertz CT molecular complexity index is 749. The summed E-state index contributed by atoms with van der Waals surface area (Å²) >= 11 is 0. The number of carbonyl (C=O) groups is 2. The van der Waals surface area contributed by atoms with E-state index in [9.17, 15) is 14.7 Å². The van der Waals surface area contributed by atoms with Gasteiger partial charge >= 0.3 is 5.97 Å². The highest BCUT2D eigenvalue weighted by molar-refractivity contribution is 6.00. The van der Waals surface area contributed by atoms with Crippen LogP contribution in [0, 0.1) is 13.8 Å². The number of carbonyl (C=O) groups excluding carboxylic acids is 2. The molecule has 0 heterocycles. The third-order valence-electron chi connectivity index (χ3n) is 3.91. The van der Waals surface area contributed by atoms with E-state index in [1.54, 1.807) is 31.2 Å². The minimum absolute atomic E-state index is 0.138. The molecule has 4 nitrogen and oxygen atoms in total. The van der Waals surface area contributed by atoms with Gasteiger partial charge in [0.2, 0.25) is 0 Å². The third-order valence-corrected chi connectivity index (χ3v) is 3.91. The molecule has 1 atom stereocenters. The van der Waals surface area contributed by atoms with Crippen LogP contribution in [0.5, 0.6) is 0 Å². The van der Waals surface area contributed by atoms with E-state index < -0.39 is 12.1 Å². The van der Waals surface area contributed by atoms with Gasteiger partial charge in [-0.1, -0.05) is 48.0 Å². The van der Waals surface area contributed by atoms with Crippen LogP contribution in [0.25, 0.3) is 0 Å². The molecule has 1 N–H and O–H groups in total. The SMILES string of the molecule is CCOC(=O)C(O)c1ccccc1C(=O)Cc1ccc(C)cc1C. The van der Waals surface area contributed by atoms with Gasteiger partial charge in [-0.3, -0.25) is 4.79 Å². The van der Waals surface area contributed by atoms with E-state index in [0.29, 0.717) is 5.56 Å². The molecule has 0 spiro atoms. The molecule has 0 aliphatic carbocycles. The van der Waals surface area contributed by atoms with Crippen molar-refractivity contribution in [1.82, 2.24) is 0 Å². The summed E-state index contributed by atoms with van der Waals surface area (Å²) in [6, 6.07) is 12.5. The highest BCUT2D eigenvalue weighted by Gasteiger charge is 2.24. The molecule has 2 aromatic carbocycles. The van der Waals surface area contributed by atoms with Crippen molar-refractivity contribution < 1.29 is 19.4 Å². The quantitative estimate of drug-likeness (QED) is 0.653. The lowest BCUT2D eigenvalue weighted by Gasteiger charge is -2.14. The molecule has 0 aliphatic rings. The summed E-state index contributed by atoms with van der Waals surface area (Å²) in [5.41, 5.74) is 3.75. The Kier molecular flexibility index (Phi) is 5.88. The van der Waals surface area contributed by atoms with Gasteiger partial charge in [0.25, 0.3) is 0 Å². The minimum Gasteiger partial charge on any atom is -0.464 e. The first kappa shape index (κ1) is 17.9. The molecule has 0 radical (unpaired) electrons. The average Bonchev–Trinajstić information content (AvgIpc) is 2.57. The zero-order chi connectivity index (χ0) is 17.7. The molecule has 0 amide bonds. The van der Waals surface area contributed by atoms with E-state index in [-0.39, 0.29) is 24.4 Å². The number of aliphatic hydroxyl groups excluding tert-OH is 1. The van der Waals surface area contributed by atoms with Gasteiger partial charge in [0, 0.05) is 17.5 Å². The summed E-state index contributed by atoms with van der Waals surface area (Å²) in [4.78, 5) is 24.5. The van der Waals surface area contributed by atoms with Crippen molar-refractivity contribution in [1.29, 1.82) is 0 Å². The summed E-state index contributed by atoms with van der Waals surface area (Å²) < 4.78 is 4.84. The molecular formula is C20H22O4. The fourth-order valence-corrected chi connectivity index (χ4v) is 2.65. The second-order valence-electron chi connectivity index (χ2n) is 5.77. The summed E-state index contributed by atoms with van der Waals surface area (Å²) in [6.45, 7) is 5.81. The number of Topliss-reactive ketones (excluding diaryl/α,β-unsaturated/α-hetero) is 1. The maximum Gasteiger partial charge on any atom is 0.339 e. The van der Waals surface area contributed by atoms with Gasteiger partial charge in [0.1, 0.15) is 0 Å². The highest BCUT2D eigenvalue weighted by Crippen LogP contribution is 2.22. The van der Waals surface area contributed by atoms with Gasteiger partial charge in [-0.25, -0.2) is 4.79 Å². The molecule has 4 heteroatoms. The summed E-state index contributed by atoms with van der Waals surface area (Å²) in [6.07, 6.45) is -1.23. The number of esters is 1.